The van der Waals surface area contributed by atoms with E-state index >= 15 is 0 Å². The van der Waals surface area contributed by atoms with Gasteiger partial charge in [-0.15, -0.1) is 0 Å². The molecule has 0 N–H and O–H groups in total. The summed E-state index contributed by atoms with van der Waals surface area (Å²) in [6.07, 6.45) is 0. The van der Waals surface area contributed by atoms with Gasteiger partial charge in [0.05, 0.1) is 33.5 Å². The quantitative estimate of drug-likeness (QED) is 0.188. The van der Waals surface area contributed by atoms with Crippen LogP contribution in [0.25, 0.3) is 72.9 Å². The van der Waals surface area contributed by atoms with Gasteiger partial charge in [-0.2, -0.15) is 0 Å². The number of imidazole rings is 1. The fourth-order valence-corrected chi connectivity index (χ4v) is 8.83. The first-order valence-corrected chi connectivity index (χ1v) is 17.8. The first-order chi connectivity index (χ1) is 25.8. The molecule has 1 aliphatic carbocycles. The van der Waals surface area contributed by atoms with Gasteiger partial charge in [-0.3, -0.25) is 4.57 Å². The zero-order chi connectivity index (χ0) is 34.2. The molecule has 0 saturated carbocycles. The number of fused-ring (bicyclic) bond motifs is 9. The number of para-hydroxylation sites is 2. The van der Waals surface area contributed by atoms with Crippen LogP contribution in [0, 0.1) is 0 Å². The van der Waals surface area contributed by atoms with Crippen molar-refractivity contribution in [2.75, 3.05) is 0 Å². The third-order valence-corrected chi connectivity index (χ3v) is 11.0. The zero-order valence-electron chi connectivity index (χ0n) is 28.2. The number of pyridine rings is 1. The topological polar surface area (TPSA) is 30.7 Å². The molecule has 2 aliphatic rings. The summed E-state index contributed by atoms with van der Waals surface area (Å²) in [5, 5.41) is 0. The minimum absolute atomic E-state index is 0.554. The Hall–Kier alpha value is -6.84. The molecule has 0 saturated heterocycles. The van der Waals surface area contributed by atoms with E-state index in [2.05, 4.69) is 193 Å². The number of nitrogens with zero attached hydrogens (tertiary/aromatic N) is 3. The molecule has 1 atom stereocenters. The molecule has 9 aromatic rings. The van der Waals surface area contributed by atoms with E-state index < -0.39 is 5.41 Å². The first-order valence-electron chi connectivity index (χ1n) is 17.8. The maximum atomic E-state index is 5.35. The van der Waals surface area contributed by atoms with Gasteiger partial charge < -0.3 is 0 Å². The fraction of sp³-hybridized carbons (Fsp3) is 0.0204. The normalized spacial score (nSPS) is 15.0. The summed E-state index contributed by atoms with van der Waals surface area (Å²) in [4.78, 5) is 10.7. The summed E-state index contributed by atoms with van der Waals surface area (Å²) in [6.45, 7) is 0. The van der Waals surface area contributed by atoms with Crippen LogP contribution in [-0.2, 0) is 5.41 Å². The molecule has 1 aliphatic heterocycles. The van der Waals surface area contributed by atoms with Crippen molar-refractivity contribution in [1.82, 2.24) is 14.5 Å². The van der Waals surface area contributed by atoms with Crippen LogP contribution in [0.3, 0.4) is 0 Å². The molecule has 11 rings (SSSR count). The van der Waals surface area contributed by atoms with E-state index in [1.165, 1.54) is 38.9 Å². The summed E-state index contributed by atoms with van der Waals surface area (Å²) in [5.41, 5.74) is 17.9. The summed E-state index contributed by atoms with van der Waals surface area (Å²) in [6, 6.07) is 67.7. The molecule has 1 unspecified atom stereocenters. The van der Waals surface area contributed by atoms with Gasteiger partial charge in [0.1, 0.15) is 5.82 Å². The van der Waals surface area contributed by atoms with Crippen molar-refractivity contribution < 1.29 is 0 Å². The van der Waals surface area contributed by atoms with Crippen LogP contribution >= 0.6 is 0 Å². The van der Waals surface area contributed by atoms with E-state index in [9.17, 15) is 0 Å². The minimum Gasteiger partial charge on any atom is -0.292 e. The standard InChI is InChI=1S/C49H31N3/c1-4-15-32(16-5-1)36-30-44(33-17-6-2-7-18-33)50-45(31-36)35-27-28-38-37-21-10-11-22-39(37)49(42(38)29-35)40-23-12-13-26-46(40)52-47-41(49)24-14-25-43(47)51-48(52)34-19-8-3-9-20-34/h1-31H. The number of benzene rings is 7. The second-order valence-corrected chi connectivity index (χ2v) is 13.7. The number of hydrogen-bond acceptors (Lipinski definition) is 2. The predicted molar refractivity (Wildman–Crippen MR) is 211 cm³/mol. The molecule has 3 heterocycles. The molecule has 1 spiro atoms. The largest absolute Gasteiger partial charge is 0.292 e. The summed E-state index contributed by atoms with van der Waals surface area (Å²) >= 11 is 0. The van der Waals surface area contributed by atoms with Crippen LogP contribution < -0.4 is 0 Å². The Morgan fingerprint density at radius 1 is 0.365 bits per heavy atom. The number of hydrogen-bond donors (Lipinski definition) is 0. The highest BCUT2D eigenvalue weighted by atomic mass is 15.1. The third-order valence-electron chi connectivity index (χ3n) is 11.0. The van der Waals surface area contributed by atoms with Gasteiger partial charge in [-0.05, 0) is 74.8 Å². The van der Waals surface area contributed by atoms with Crippen molar-refractivity contribution in [2.24, 2.45) is 0 Å². The van der Waals surface area contributed by atoms with E-state index in [0.29, 0.717) is 0 Å². The molecular weight excluding hydrogens is 631 g/mol. The number of rotatable bonds is 4. The fourth-order valence-electron chi connectivity index (χ4n) is 8.83. The Morgan fingerprint density at radius 3 is 1.73 bits per heavy atom. The van der Waals surface area contributed by atoms with Crippen LogP contribution in [0.4, 0.5) is 0 Å². The molecule has 0 amide bonds. The Kier molecular flexibility index (Phi) is 6.17. The molecule has 242 valence electrons. The predicted octanol–water partition coefficient (Wildman–Crippen LogP) is 11.8. The van der Waals surface area contributed by atoms with Crippen molar-refractivity contribution in [3.8, 4) is 61.8 Å². The van der Waals surface area contributed by atoms with E-state index in [1.807, 2.05) is 0 Å². The van der Waals surface area contributed by atoms with Crippen molar-refractivity contribution in [3.63, 3.8) is 0 Å². The Morgan fingerprint density at radius 2 is 0.962 bits per heavy atom. The Labute approximate surface area is 302 Å². The van der Waals surface area contributed by atoms with Crippen molar-refractivity contribution >= 4 is 11.0 Å². The van der Waals surface area contributed by atoms with Crippen LogP contribution in [0.1, 0.15) is 22.3 Å². The highest BCUT2D eigenvalue weighted by Crippen LogP contribution is 2.61. The lowest BCUT2D eigenvalue weighted by atomic mass is 9.65. The third kappa shape index (κ3) is 4.02. The highest BCUT2D eigenvalue weighted by molar-refractivity contribution is 5.98. The van der Waals surface area contributed by atoms with Crippen LogP contribution in [0.15, 0.2) is 188 Å². The van der Waals surface area contributed by atoms with Gasteiger partial charge in [-0.1, -0.05) is 158 Å². The monoisotopic (exact) mass is 661 g/mol. The molecule has 0 radical (unpaired) electrons. The van der Waals surface area contributed by atoms with Crippen LogP contribution in [0.5, 0.6) is 0 Å². The SMILES string of the molecule is c1ccc(-c2cc(-c3ccccc3)nc(-c3ccc4c(c3)C3(c5ccccc5-4)c4ccccc4-n4c(-c5ccccc5)nc5cccc3c54)c2)cc1. The van der Waals surface area contributed by atoms with E-state index in [-0.39, 0.29) is 0 Å². The lowest BCUT2D eigenvalue weighted by Crippen LogP contribution is -2.33. The van der Waals surface area contributed by atoms with Crippen molar-refractivity contribution in [1.29, 1.82) is 0 Å². The van der Waals surface area contributed by atoms with Gasteiger partial charge in [0, 0.05) is 16.7 Å². The van der Waals surface area contributed by atoms with Gasteiger partial charge in [0.25, 0.3) is 0 Å². The molecule has 52 heavy (non-hydrogen) atoms. The van der Waals surface area contributed by atoms with Crippen LogP contribution in [0.2, 0.25) is 0 Å². The second kappa shape index (κ2) is 11.1. The zero-order valence-corrected chi connectivity index (χ0v) is 28.2. The highest BCUT2D eigenvalue weighted by Gasteiger charge is 2.51. The average molecular weight is 662 g/mol. The smallest absolute Gasteiger partial charge is 0.145 e. The molecule has 0 bridgehead atoms. The summed E-state index contributed by atoms with van der Waals surface area (Å²) < 4.78 is 2.39. The molecule has 2 aromatic heterocycles. The molecule has 3 nitrogen and oxygen atoms in total. The second-order valence-electron chi connectivity index (χ2n) is 13.7. The number of aromatic nitrogens is 3. The first kappa shape index (κ1) is 28.9. The molecular formula is C49H31N3. The maximum absolute atomic E-state index is 5.35. The van der Waals surface area contributed by atoms with Crippen molar-refractivity contribution in [2.45, 2.75) is 5.41 Å². The minimum atomic E-state index is -0.554. The molecule has 0 fully saturated rings. The Bertz CT molecular complexity index is 2780. The average Bonchev–Trinajstić information content (AvgIpc) is 3.76. The van der Waals surface area contributed by atoms with Crippen molar-refractivity contribution in [3.05, 3.63) is 210 Å². The van der Waals surface area contributed by atoms with E-state index in [1.54, 1.807) is 0 Å². The van der Waals surface area contributed by atoms with E-state index in [4.69, 9.17) is 9.97 Å². The Balaban J connectivity index is 1.22. The summed E-state index contributed by atoms with van der Waals surface area (Å²) in [5.74, 6) is 0.959. The van der Waals surface area contributed by atoms with Crippen LogP contribution in [-0.4, -0.2) is 14.5 Å². The van der Waals surface area contributed by atoms with Gasteiger partial charge in [0.15, 0.2) is 0 Å². The van der Waals surface area contributed by atoms with E-state index in [0.717, 1.165) is 56.2 Å². The van der Waals surface area contributed by atoms with Gasteiger partial charge in [0.2, 0.25) is 0 Å². The lowest BCUT2D eigenvalue weighted by Gasteiger charge is -2.39. The summed E-state index contributed by atoms with van der Waals surface area (Å²) in [7, 11) is 0. The molecule has 3 heteroatoms. The maximum Gasteiger partial charge on any atom is 0.145 e. The van der Waals surface area contributed by atoms with Gasteiger partial charge >= 0.3 is 0 Å². The lowest BCUT2D eigenvalue weighted by molar-refractivity contribution is 0.746. The van der Waals surface area contributed by atoms with Gasteiger partial charge in [-0.25, -0.2) is 9.97 Å². The molecule has 7 aromatic carbocycles.